The van der Waals surface area contributed by atoms with E-state index in [1.54, 1.807) is 0 Å². The molecule has 0 aliphatic carbocycles. The first-order chi connectivity index (χ1) is 8.20. The minimum absolute atomic E-state index is 0.0719. The van der Waals surface area contributed by atoms with Crippen LogP contribution in [-0.4, -0.2) is 18.0 Å². The number of aryl methyl sites for hydroxylation is 1. The van der Waals surface area contributed by atoms with Crippen LogP contribution >= 0.6 is 0 Å². The standard InChI is InChI=1S/C14H20N2O/c1-3-10(2)15-13-9-8-11-6-4-5-7-12(11)16-14(13)17/h4-7,10,13,15H,3,8-9H2,1-2H3,(H,16,17). The Morgan fingerprint density at radius 1 is 1.47 bits per heavy atom. The lowest BCUT2D eigenvalue weighted by Gasteiger charge is -2.19. The smallest absolute Gasteiger partial charge is 0.241 e. The first-order valence-electron chi connectivity index (χ1n) is 6.35. The van der Waals surface area contributed by atoms with Gasteiger partial charge in [-0.1, -0.05) is 25.1 Å². The van der Waals surface area contributed by atoms with E-state index in [0.717, 1.165) is 24.9 Å². The van der Waals surface area contributed by atoms with E-state index in [0.29, 0.717) is 6.04 Å². The molecule has 0 fully saturated rings. The van der Waals surface area contributed by atoms with Crippen LogP contribution in [0.3, 0.4) is 0 Å². The highest BCUT2D eigenvalue weighted by Crippen LogP contribution is 2.21. The quantitative estimate of drug-likeness (QED) is 0.839. The molecule has 1 aliphatic heterocycles. The zero-order valence-corrected chi connectivity index (χ0v) is 10.5. The Morgan fingerprint density at radius 2 is 2.24 bits per heavy atom. The van der Waals surface area contributed by atoms with Gasteiger partial charge in [-0.2, -0.15) is 0 Å². The highest BCUT2D eigenvalue weighted by atomic mass is 16.2. The SMILES string of the molecule is CCC(C)NC1CCc2ccccc2NC1=O. The van der Waals surface area contributed by atoms with Gasteiger partial charge in [0.25, 0.3) is 0 Å². The molecule has 2 rings (SSSR count). The average Bonchev–Trinajstić information content (AvgIpc) is 2.49. The minimum atomic E-state index is -0.0719. The summed E-state index contributed by atoms with van der Waals surface area (Å²) in [4.78, 5) is 12.1. The van der Waals surface area contributed by atoms with Crippen molar-refractivity contribution in [2.24, 2.45) is 0 Å². The van der Waals surface area contributed by atoms with E-state index in [4.69, 9.17) is 0 Å². The second-order valence-electron chi connectivity index (χ2n) is 4.71. The number of rotatable bonds is 3. The molecule has 0 spiro atoms. The second-order valence-corrected chi connectivity index (χ2v) is 4.71. The van der Waals surface area contributed by atoms with Gasteiger partial charge >= 0.3 is 0 Å². The van der Waals surface area contributed by atoms with Gasteiger partial charge in [-0.15, -0.1) is 0 Å². The zero-order valence-electron chi connectivity index (χ0n) is 10.5. The highest BCUT2D eigenvalue weighted by molar-refractivity contribution is 5.96. The summed E-state index contributed by atoms with van der Waals surface area (Å²) >= 11 is 0. The molecular formula is C14H20N2O. The molecule has 0 saturated carbocycles. The van der Waals surface area contributed by atoms with Gasteiger partial charge in [0.1, 0.15) is 0 Å². The molecule has 3 heteroatoms. The molecule has 0 radical (unpaired) electrons. The Hall–Kier alpha value is -1.35. The van der Waals surface area contributed by atoms with E-state index in [1.807, 2.05) is 18.2 Å². The van der Waals surface area contributed by atoms with Crippen molar-refractivity contribution in [3.05, 3.63) is 29.8 Å². The molecule has 1 heterocycles. The summed E-state index contributed by atoms with van der Waals surface area (Å²) in [6.07, 6.45) is 2.85. The fourth-order valence-electron chi connectivity index (χ4n) is 2.13. The van der Waals surface area contributed by atoms with Gasteiger partial charge in [-0.25, -0.2) is 0 Å². The van der Waals surface area contributed by atoms with Gasteiger partial charge in [-0.3, -0.25) is 4.79 Å². The fourth-order valence-corrected chi connectivity index (χ4v) is 2.13. The predicted octanol–water partition coefficient (Wildman–Crippen LogP) is 2.33. The van der Waals surface area contributed by atoms with Crippen molar-refractivity contribution < 1.29 is 4.79 Å². The molecular weight excluding hydrogens is 212 g/mol. The molecule has 17 heavy (non-hydrogen) atoms. The number of fused-ring (bicyclic) bond motifs is 1. The number of anilines is 1. The third-order valence-corrected chi connectivity index (χ3v) is 3.39. The van der Waals surface area contributed by atoms with Crippen LogP contribution in [0.4, 0.5) is 5.69 Å². The third kappa shape index (κ3) is 2.86. The summed E-state index contributed by atoms with van der Waals surface area (Å²) in [6.45, 7) is 4.24. The van der Waals surface area contributed by atoms with Crippen LogP contribution in [0.5, 0.6) is 0 Å². The number of hydrogen-bond acceptors (Lipinski definition) is 2. The van der Waals surface area contributed by atoms with Gasteiger partial charge in [0, 0.05) is 11.7 Å². The van der Waals surface area contributed by atoms with E-state index in [1.165, 1.54) is 5.56 Å². The molecule has 0 aromatic heterocycles. The van der Waals surface area contributed by atoms with Crippen molar-refractivity contribution in [1.29, 1.82) is 0 Å². The fraction of sp³-hybridized carbons (Fsp3) is 0.500. The normalized spacial score (nSPS) is 21.3. The summed E-state index contributed by atoms with van der Waals surface area (Å²) in [5.74, 6) is 0.0928. The van der Waals surface area contributed by atoms with Gasteiger partial charge in [0.2, 0.25) is 5.91 Å². The molecule has 0 bridgehead atoms. The van der Waals surface area contributed by atoms with E-state index >= 15 is 0 Å². The van der Waals surface area contributed by atoms with Gasteiger partial charge in [-0.05, 0) is 37.8 Å². The first-order valence-corrected chi connectivity index (χ1v) is 6.35. The molecule has 2 N–H and O–H groups in total. The van der Waals surface area contributed by atoms with Crippen molar-refractivity contribution in [2.45, 2.75) is 45.2 Å². The molecule has 1 aromatic rings. The number of benzene rings is 1. The van der Waals surface area contributed by atoms with Crippen LogP contribution in [0.15, 0.2) is 24.3 Å². The van der Waals surface area contributed by atoms with Crippen molar-refractivity contribution in [3.63, 3.8) is 0 Å². The summed E-state index contributed by atoms with van der Waals surface area (Å²) in [7, 11) is 0. The lowest BCUT2D eigenvalue weighted by atomic mass is 10.1. The van der Waals surface area contributed by atoms with Crippen LogP contribution in [-0.2, 0) is 11.2 Å². The maximum Gasteiger partial charge on any atom is 0.241 e. The zero-order chi connectivity index (χ0) is 12.3. The first kappa shape index (κ1) is 12.1. The molecule has 1 amide bonds. The number of nitrogens with one attached hydrogen (secondary N) is 2. The number of hydrogen-bond donors (Lipinski definition) is 2. The van der Waals surface area contributed by atoms with Crippen molar-refractivity contribution in [1.82, 2.24) is 5.32 Å². The average molecular weight is 232 g/mol. The van der Waals surface area contributed by atoms with E-state index in [2.05, 4.69) is 30.5 Å². The molecule has 3 nitrogen and oxygen atoms in total. The van der Waals surface area contributed by atoms with Crippen molar-refractivity contribution in [2.75, 3.05) is 5.32 Å². The molecule has 1 aliphatic rings. The van der Waals surface area contributed by atoms with E-state index < -0.39 is 0 Å². The molecule has 1 aromatic carbocycles. The Morgan fingerprint density at radius 3 is 3.00 bits per heavy atom. The Balaban J connectivity index is 2.10. The van der Waals surface area contributed by atoms with E-state index in [-0.39, 0.29) is 11.9 Å². The summed E-state index contributed by atoms with van der Waals surface area (Å²) in [5.41, 5.74) is 2.19. The van der Waals surface area contributed by atoms with Crippen LogP contribution in [0.2, 0.25) is 0 Å². The molecule has 2 unspecified atom stereocenters. The number of carbonyl (C=O) groups is 1. The van der Waals surface area contributed by atoms with Crippen LogP contribution in [0.1, 0.15) is 32.3 Å². The van der Waals surface area contributed by atoms with E-state index in [9.17, 15) is 4.79 Å². The van der Waals surface area contributed by atoms with Gasteiger partial charge < -0.3 is 10.6 Å². The largest absolute Gasteiger partial charge is 0.324 e. The summed E-state index contributed by atoms with van der Waals surface area (Å²) in [6, 6.07) is 8.35. The Labute approximate surface area is 103 Å². The van der Waals surface area contributed by atoms with Crippen LogP contribution < -0.4 is 10.6 Å². The van der Waals surface area contributed by atoms with Crippen molar-refractivity contribution in [3.8, 4) is 0 Å². The predicted molar refractivity (Wildman–Crippen MR) is 70.1 cm³/mol. The lowest BCUT2D eigenvalue weighted by molar-refractivity contribution is -0.118. The maximum atomic E-state index is 12.1. The van der Waals surface area contributed by atoms with Crippen LogP contribution in [0, 0.1) is 0 Å². The van der Waals surface area contributed by atoms with Gasteiger partial charge in [0.15, 0.2) is 0 Å². The maximum absolute atomic E-state index is 12.1. The molecule has 2 atom stereocenters. The second kappa shape index (κ2) is 5.32. The molecule has 92 valence electrons. The lowest BCUT2D eigenvalue weighted by Crippen LogP contribution is -2.44. The number of para-hydroxylation sites is 1. The minimum Gasteiger partial charge on any atom is -0.324 e. The molecule has 0 saturated heterocycles. The van der Waals surface area contributed by atoms with Gasteiger partial charge in [0.05, 0.1) is 6.04 Å². The topological polar surface area (TPSA) is 41.1 Å². The number of carbonyl (C=O) groups excluding carboxylic acids is 1. The van der Waals surface area contributed by atoms with Crippen molar-refractivity contribution >= 4 is 11.6 Å². The monoisotopic (exact) mass is 232 g/mol. The number of amides is 1. The summed E-state index contributed by atoms with van der Waals surface area (Å²) < 4.78 is 0. The Bertz CT molecular complexity index is 403. The Kier molecular flexibility index (Phi) is 3.79. The third-order valence-electron chi connectivity index (χ3n) is 3.39. The highest BCUT2D eigenvalue weighted by Gasteiger charge is 2.23. The summed E-state index contributed by atoms with van der Waals surface area (Å²) in [5, 5.41) is 6.38. The van der Waals surface area contributed by atoms with Crippen LogP contribution in [0.25, 0.3) is 0 Å².